The van der Waals surface area contributed by atoms with Gasteiger partial charge in [-0.3, -0.25) is 19.8 Å². The fraction of sp³-hybridized carbons (Fsp3) is 0.333. The van der Waals surface area contributed by atoms with Gasteiger partial charge in [0.2, 0.25) is 0 Å². The average Bonchev–Trinajstić information content (AvgIpc) is 3.15. The number of halogens is 2. The van der Waals surface area contributed by atoms with Gasteiger partial charge in [-0.25, -0.2) is 0 Å². The van der Waals surface area contributed by atoms with Crippen LogP contribution in [-0.2, 0) is 32.6 Å². The van der Waals surface area contributed by atoms with Gasteiger partial charge in [-0.2, -0.15) is 0 Å². The zero-order valence-corrected chi connectivity index (χ0v) is 17.6. The quantitative estimate of drug-likeness (QED) is 0.600. The van der Waals surface area contributed by atoms with Crippen molar-refractivity contribution in [3.8, 4) is 0 Å². The fourth-order valence-corrected chi connectivity index (χ4v) is 3.63. The number of aromatic nitrogens is 2. The topological polar surface area (TPSA) is 45.4 Å². The van der Waals surface area contributed by atoms with E-state index >= 15 is 0 Å². The third kappa shape index (κ3) is 5.55. The molecule has 0 bridgehead atoms. The first kappa shape index (κ1) is 22.4. The van der Waals surface area contributed by atoms with Gasteiger partial charge in [-0.15, -0.1) is 24.8 Å². The first-order valence-electron chi connectivity index (χ1n) is 9.06. The zero-order valence-electron chi connectivity index (χ0n) is 16.0. The molecule has 0 aliphatic carbocycles. The Kier molecular flexibility index (Phi) is 8.45. The van der Waals surface area contributed by atoms with Gasteiger partial charge in [0.25, 0.3) is 0 Å². The smallest absolute Gasteiger partial charge is 0.117 e. The molecule has 4 rings (SSSR count). The molecule has 0 amide bonds. The molecule has 28 heavy (non-hydrogen) atoms. The van der Waals surface area contributed by atoms with Gasteiger partial charge >= 0.3 is 0 Å². The Bertz CT molecular complexity index is 843. The highest BCUT2D eigenvalue weighted by Gasteiger charge is 2.20. The van der Waals surface area contributed by atoms with Crippen LogP contribution in [0.25, 0.3) is 0 Å². The van der Waals surface area contributed by atoms with Gasteiger partial charge in [-0.1, -0.05) is 6.07 Å². The van der Waals surface area contributed by atoms with Crippen molar-refractivity contribution in [2.75, 3.05) is 13.6 Å². The maximum atomic E-state index is 5.46. The predicted molar refractivity (Wildman–Crippen MR) is 115 cm³/mol. The first-order valence-corrected chi connectivity index (χ1v) is 9.06. The molecule has 3 aromatic rings. The third-order valence-corrected chi connectivity index (χ3v) is 4.87. The fourth-order valence-electron chi connectivity index (χ4n) is 3.63. The van der Waals surface area contributed by atoms with Crippen LogP contribution in [0.15, 0.2) is 59.6 Å². The Morgan fingerprint density at radius 3 is 2.75 bits per heavy atom. The second kappa shape index (κ2) is 10.6. The molecule has 7 heteroatoms. The summed E-state index contributed by atoms with van der Waals surface area (Å²) in [6.07, 6.45) is 8.70. The summed E-state index contributed by atoms with van der Waals surface area (Å²) in [6.45, 7) is 4.58. The van der Waals surface area contributed by atoms with E-state index in [1.807, 2.05) is 36.8 Å². The van der Waals surface area contributed by atoms with E-state index in [9.17, 15) is 0 Å². The lowest BCUT2D eigenvalue weighted by molar-refractivity contribution is 0.239. The molecule has 3 aromatic heterocycles. The minimum absolute atomic E-state index is 0. The van der Waals surface area contributed by atoms with E-state index in [2.05, 4.69) is 38.9 Å². The number of furan rings is 1. The average molecular weight is 421 g/mol. The van der Waals surface area contributed by atoms with Crippen molar-refractivity contribution in [1.82, 2.24) is 19.8 Å². The van der Waals surface area contributed by atoms with E-state index in [4.69, 9.17) is 4.42 Å². The normalized spacial score (nSPS) is 13.5. The van der Waals surface area contributed by atoms with Gasteiger partial charge in [0.15, 0.2) is 0 Å². The molecular formula is C21H26Cl2N4O. The van der Waals surface area contributed by atoms with Crippen molar-refractivity contribution in [2.24, 2.45) is 0 Å². The molecule has 0 fully saturated rings. The largest absolute Gasteiger partial charge is 0.468 e. The summed E-state index contributed by atoms with van der Waals surface area (Å²) in [5.74, 6) is 0.992. The summed E-state index contributed by atoms with van der Waals surface area (Å²) in [7, 11) is 2.12. The zero-order chi connectivity index (χ0) is 17.8. The van der Waals surface area contributed by atoms with E-state index in [1.54, 1.807) is 6.26 Å². The highest BCUT2D eigenvalue weighted by Crippen LogP contribution is 2.23. The van der Waals surface area contributed by atoms with E-state index in [-0.39, 0.29) is 24.8 Å². The van der Waals surface area contributed by atoms with Crippen LogP contribution >= 0.6 is 24.8 Å². The molecule has 4 heterocycles. The summed E-state index contributed by atoms with van der Waals surface area (Å²) >= 11 is 0. The SMILES string of the molecule is CN(Cc1ccco1)Cc1cncc2c1CCN(Cc1ccccn1)C2.Cl.Cl. The monoisotopic (exact) mass is 420 g/mol. The molecule has 150 valence electrons. The second-order valence-corrected chi connectivity index (χ2v) is 6.97. The van der Waals surface area contributed by atoms with Crippen molar-refractivity contribution < 1.29 is 4.42 Å². The summed E-state index contributed by atoms with van der Waals surface area (Å²) in [4.78, 5) is 13.7. The Labute approximate surface area is 178 Å². The summed E-state index contributed by atoms with van der Waals surface area (Å²) < 4.78 is 5.46. The molecule has 0 spiro atoms. The number of rotatable bonds is 6. The van der Waals surface area contributed by atoms with Crippen molar-refractivity contribution in [2.45, 2.75) is 32.6 Å². The minimum Gasteiger partial charge on any atom is -0.468 e. The van der Waals surface area contributed by atoms with Crippen LogP contribution < -0.4 is 0 Å². The Morgan fingerprint density at radius 1 is 1.11 bits per heavy atom. The molecule has 0 unspecified atom stereocenters. The highest BCUT2D eigenvalue weighted by atomic mass is 35.5. The number of pyridine rings is 2. The first-order chi connectivity index (χ1) is 12.8. The van der Waals surface area contributed by atoms with Crippen molar-refractivity contribution in [1.29, 1.82) is 0 Å². The minimum atomic E-state index is 0. The molecule has 5 nitrogen and oxygen atoms in total. The molecular weight excluding hydrogens is 395 g/mol. The van der Waals surface area contributed by atoms with Crippen LogP contribution in [0.3, 0.4) is 0 Å². The number of fused-ring (bicyclic) bond motifs is 1. The number of nitrogens with zero attached hydrogens (tertiary/aromatic N) is 4. The Hall–Kier alpha value is -1.92. The van der Waals surface area contributed by atoms with Crippen molar-refractivity contribution in [3.05, 3.63) is 83.3 Å². The van der Waals surface area contributed by atoms with Crippen LogP contribution in [0.1, 0.15) is 28.1 Å². The molecule has 0 saturated heterocycles. The lowest BCUT2D eigenvalue weighted by atomic mass is 9.96. The Balaban J connectivity index is 0.00000140. The molecule has 0 saturated carbocycles. The van der Waals surface area contributed by atoms with Crippen LogP contribution in [0.5, 0.6) is 0 Å². The van der Waals surface area contributed by atoms with E-state index < -0.39 is 0 Å². The van der Waals surface area contributed by atoms with Gasteiger partial charge in [0.05, 0.1) is 18.5 Å². The highest BCUT2D eigenvalue weighted by molar-refractivity contribution is 5.85. The van der Waals surface area contributed by atoms with Gasteiger partial charge in [0.1, 0.15) is 5.76 Å². The van der Waals surface area contributed by atoms with E-state index in [1.165, 1.54) is 16.7 Å². The molecule has 0 N–H and O–H groups in total. The standard InChI is InChI=1S/C21H24N4O.2ClH/c1-24(16-20-6-4-10-26-20)13-17-11-22-12-18-14-25(9-7-21(17)18)15-19-5-2-3-8-23-19;;/h2-6,8,10-12H,7,9,13-16H2,1H3;2*1H. The van der Waals surface area contributed by atoms with Gasteiger partial charge in [-0.05, 0) is 54.4 Å². The van der Waals surface area contributed by atoms with Crippen LogP contribution in [0.2, 0.25) is 0 Å². The van der Waals surface area contributed by atoms with Crippen LogP contribution in [0, 0.1) is 0 Å². The van der Waals surface area contributed by atoms with Crippen molar-refractivity contribution in [3.63, 3.8) is 0 Å². The molecule has 0 atom stereocenters. The van der Waals surface area contributed by atoms with Crippen LogP contribution in [0.4, 0.5) is 0 Å². The molecule has 0 aromatic carbocycles. The molecule has 1 aliphatic heterocycles. The molecule has 1 aliphatic rings. The number of hydrogen-bond donors (Lipinski definition) is 0. The van der Waals surface area contributed by atoms with E-state index in [0.717, 1.165) is 50.6 Å². The third-order valence-electron chi connectivity index (χ3n) is 4.87. The van der Waals surface area contributed by atoms with Gasteiger partial charge < -0.3 is 4.42 Å². The maximum Gasteiger partial charge on any atom is 0.117 e. The lowest BCUT2D eigenvalue weighted by Crippen LogP contribution is -2.31. The lowest BCUT2D eigenvalue weighted by Gasteiger charge is -2.30. The second-order valence-electron chi connectivity index (χ2n) is 6.97. The molecule has 0 radical (unpaired) electrons. The summed E-state index contributed by atoms with van der Waals surface area (Å²) in [5, 5.41) is 0. The summed E-state index contributed by atoms with van der Waals surface area (Å²) in [5.41, 5.74) is 5.26. The van der Waals surface area contributed by atoms with Crippen molar-refractivity contribution >= 4 is 24.8 Å². The Morgan fingerprint density at radius 2 is 2.00 bits per heavy atom. The number of hydrogen-bond acceptors (Lipinski definition) is 5. The van der Waals surface area contributed by atoms with E-state index in [0.29, 0.717) is 0 Å². The van der Waals surface area contributed by atoms with Gasteiger partial charge in [0, 0.05) is 44.8 Å². The van der Waals surface area contributed by atoms with Crippen LogP contribution in [-0.4, -0.2) is 33.4 Å². The predicted octanol–water partition coefficient (Wildman–Crippen LogP) is 4.10. The maximum absolute atomic E-state index is 5.46. The summed E-state index contributed by atoms with van der Waals surface area (Å²) in [6, 6.07) is 10.1.